The van der Waals surface area contributed by atoms with Crippen molar-refractivity contribution in [1.82, 2.24) is 15.0 Å². The molecule has 0 unspecified atom stereocenters. The van der Waals surface area contributed by atoms with Crippen molar-refractivity contribution in [3.63, 3.8) is 0 Å². The standard InChI is InChI=1S/C21H26N4O2/c1-13-7-5-6-8-19(13)23-21(26)18(12-22)11-17-9-14(2)25(16(17)4)20-10-15(3)27-24-20/h9-11,13,19H,5-8H2,1-4H3,(H,23,26)/b18-11+/t13-,19+/m1/s1. The van der Waals surface area contributed by atoms with Crippen molar-refractivity contribution >= 4 is 12.0 Å². The smallest absolute Gasteiger partial charge is 0.262 e. The molecule has 2 heterocycles. The number of nitriles is 1. The Bertz CT molecular complexity index is 913. The number of rotatable bonds is 4. The molecule has 2 atom stereocenters. The van der Waals surface area contributed by atoms with Crippen LogP contribution < -0.4 is 5.32 Å². The molecule has 2 aromatic rings. The number of carbonyl (C=O) groups excluding carboxylic acids is 1. The highest BCUT2D eigenvalue weighted by atomic mass is 16.5. The van der Waals surface area contributed by atoms with E-state index in [2.05, 4.69) is 23.5 Å². The zero-order chi connectivity index (χ0) is 19.6. The van der Waals surface area contributed by atoms with Gasteiger partial charge in [-0.2, -0.15) is 5.26 Å². The van der Waals surface area contributed by atoms with Gasteiger partial charge in [-0.1, -0.05) is 24.9 Å². The number of aromatic nitrogens is 2. The molecule has 0 saturated heterocycles. The number of nitrogens with zero attached hydrogens (tertiary/aromatic N) is 3. The average Bonchev–Trinajstić information content (AvgIpc) is 3.17. The number of carbonyl (C=O) groups is 1. The van der Waals surface area contributed by atoms with E-state index >= 15 is 0 Å². The van der Waals surface area contributed by atoms with Gasteiger partial charge in [-0.15, -0.1) is 0 Å². The molecule has 0 aliphatic heterocycles. The first-order valence-electron chi connectivity index (χ1n) is 9.46. The number of aryl methyl sites for hydroxylation is 2. The molecule has 6 heteroatoms. The van der Waals surface area contributed by atoms with Crippen molar-refractivity contribution in [1.29, 1.82) is 5.26 Å². The normalized spacial score (nSPS) is 20.3. The van der Waals surface area contributed by atoms with E-state index in [9.17, 15) is 10.1 Å². The fourth-order valence-corrected chi connectivity index (χ4v) is 3.83. The van der Waals surface area contributed by atoms with Crippen LogP contribution >= 0.6 is 0 Å². The average molecular weight is 366 g/mol. The molecule has 3 rings (SSSR count). The molecule has 27 heavy (non-hydrogen) atoms. The molecule has 1 aliphatic rings. The molecule has 1 saturated carbocycles. The van der Waals surface area contributed by atoms with Crippen LogP contribution in [-0.2, 0) is 4.79 Å². The van der Waals surface area contributed by atoms with Crippen LogP contribution in [0.2, 0.25) is 0 Å². The van der Waals surface area contributed by atoms with Crippen molar-refractivity contribution in [3.05, 3.63) is 40.4 Å². The van der Waals surface area contributed by atoms with E-state index < -0.39 is 0 Å². The van der Waals surface area contributed by atoms with E-state index in [1.807, 2.05) is 37.5 Å². The van der Waals surface area contributed by atoms with Crippen molar-refractivity contribution in [2.24, 2.45) is 5.92 Å². The summed E-state index contributed by atoms with van der Waals surface area (Å²) < 4.78 is 7.13. The summed E-state index contributed by atoms with van der Waals surface area (Å²) in [7, 11) is 0. The van der Waals surface area contributed by atoms with E-state index in [1.54, 1.807) is 6.08 Å². The fourth-order valence-electron chi connectivity index (χ4n) is 3.83. The molecular weight excluding hydrogens is 340 g/mol. The largest absolute Gasteiger partial charge is 0.360 e. The Labute approximate surface area is 159 Å². The van der Waals surface area contributed by atoms with Gasteiger partial charge in [-0.3, -0.25) is 9.36 Å². The van der Waals surface area contributed by atoms with Gasteiger partial charge in [0.15, 0.2) is 5.82 Å². The molecule has 1 amide bonds. The summed E-state index contributed by atoms with van der Waals surface area (Å²) >= 11 is 0. The molecule has 1 fully saturated rings. The molecular formula is C21H26N4O2. The van der Waals surface area contributed by atoms with Gasteiger partial charge in [-0.05, 0) is 57.2 Å². The topological polar surface area (TPSA) is 83.9 Å². The molecule has 0 bridgehead atoms. The quantitative estimate of drug-likeness (QED) is 0.655. The van der Waals surface area contributed by atoms with E-state index in [4.69, 9.17) is 4.52 Å². The molecule has 0 spiro atoms. The number of amides is 1. The molecule has 142 valence electrons. The summed E-state index contributed by atoms with van der Waals surface area (Å²) in [5.41, 5.74) is 2.83. The zero-order valence-electron chi connectivity index (χ0n) is 16.4. The lowest BCUT2D eigenvalue weighted by molar-refractivity contribution is -0.118. The highest BCUT2D eigenvalue weighted by Gasteiger charge is 2.24. The van der Waals surface area contributed by atoms with Gasteiger partial charge in [0, 0.05) is 23.5 Å². The van der Waals surface area contributed by atoms with Gasteiger partial charge in [0.1, 0.15) is 17.4 Å². The molecule has 1 aliphatic carbocycles. The Kier molecular flexibility index (Phi) is 5.50. The molecule has 1 N–H and O–H groups in total. The molecule has 6 nitrogen and oxygen atoms in total. The monoisotopic (exact) mass is 366 g/mol. The second-order valence-electron chi connectivity index (χ2n) is 7.47. The van der Waals surface area contributed by atoms with Crippen LogP contribution in [0.4, 0.5) is 0 Å². The van der Waals surface area contributed by atoms with E-state index in [-0.39, 0.29) is 17.5 Å². The first kappa shape index (κ1) is 19.0. The van der Waals surface area contributed by atoms with Crippen LogP contribution in [0.15, 0.2) is 22.2 Å². The molecule has 2 aromatic heterocycles. The first-order chi connectivity index (χ1) is 12.9. The predicted octanol–water partition coefficient (Wildman–Crippen LogP) is 3.99. The maximum atomic E-state index is 12.6. The van der Waals surface area contributed by atoms with Crippen molar-refractivity contribution in [3.8, 4) is 11.9 Å². The van der Waals surface area contributed by atoms with Crippen LogP contribution in [0.25, 0.3) is 11.9 Å². The Morgan fingerprint density at radius 1 is 1.33 bits per heavy atom. The Morgan fingerprint density at radius 3 is 2.70 bits per heavy atom. The maximum Gasteiger partial charge on any atom is 0.262 e. The number of hydrogen-bond acceptors (Lipinski definition) is 4. The van der Waals surface area contributed by atoms with Crippen LogP contribution in [0, 0.1) is 38.0 Å². The van der Waals surface area contributed by atoms with Gasteiger partial charge >= 0.3 is 0 Å². The second kappa shape index (κ2) is 7.83. The zero-order valence-corrected chi connectivity index (χ0v) is 16.4. The fraction of sp³-hybridized carbons (Fsp3) is 0.476. The third kappa shape index (κ3) is 3.97. The predicted molar refractivity (Wildman–Crippen MR) is 103 cm³/mol. The van der Waals surface area contributed by atoms with Crippen LogP contribution in [0.3, 0.4) is 0 Å². The van der Waals surface area contributed by atoms with E-state index in [1.165, 1.54) is 6.42 Å². The van der Waals surface area contributed by atoms with Crippen LogP contribution in [0.1, 0.15) is 55.3 Å². The number of nitrogens with one attached hydrogen (secondary N) is 1. The Morgan fingerprint density at radius 2 is 2.07 bits per heavy atom. The summed E-state index contributed by atoms with van der Waals surface area (Å²) in [6, 6.07) is 6.02. The maximum absolute atomic E-state index is 12.6. The highest BCUT2D eigenvalue weighted by molar-refractivity contribution is 6.02. The first-order valence-corrected chi connectivity index (χ1v) is 9.46. The Balaban J connectivity index is 1.85. The second-order valence-corrected chi connectivity index (χ2v) is 7.47. The van der Waals surface area contributed by atoms with Crippen LogP contribution in [0.5, 0.6) is 0 Å². The minimum absolute atomic E-state index is 0.129. The van der Waals surface area contributed by atoms with Gasteiger partial charge in [0.05, 0.1) is 0 Å². The van der Waals surface area contributed by atoms with Gasteiger partial charge in [0.25, 0.3) is 5.91 Å². The molecule has 0 aromatic carbocycles. The lowest BCUT2D eigenvalue weighted by Crippen LogP contribution is -2.41. The van der Waals surface area contributed by atoms with E-state index in [0.717, 1.165) is 42.0 Å². The van der Waals surface area contributed by atoms with Crippen molar-refractivity contribution < 1.29 is 9.32 Å². The lowest BCUT2D eigenvalue weighted by Gasteiger charge is -2.29. The van der Waals surface area contributed by atoms with Gasteiger partial charge < -0.3 is 9.84 Å². The minimum Gasteiger partial charge on any atom is -0.360 e. The van der Waals surface area contributed by atoms with Crippen LogP contribution in [-0.4, -0.2) is 21.7 Å². The van der Waals surface area contributed by atoms with Gasteiger partial charge in [0.2, 0.25) is 0 Å². The Hall–Kier alpha value is -2.81. The third-order valence-electron chi connectivity index (χ3n) is 5.41. The summed E-state index contributed by atoms with van der Waals surface area (Å²) in [4.78, 5) is 12.6. The SMILES string of the molecule is Cc1cc(-n2c(C)cc(/C=C(\C#N)C(=O)N[C@H]3CCCC[C@H]3C)c2C)no1. The lowest BCUT2D eigenvalue weighted by atomic mass is 9.86. The third-order valence-corrected chi connectivity index (χ3v) is 5.41. The number of hydrogen-bond donors (Lipinski definition) is 1. The minimum atomic E-state index is -0.293. The molecule has 0 radical (unpaired) electrons. The summed E-state index contributed by atoms with van der Waals surface area (Å²) in [6.07, 6.45) is 6.09. The summed E-state index contributed by atoms with van der Waals surface area (Å²) in [5.74, 6) is 1.58. The summed E-state index contributed by atoms with van der Waals surface area (Å²) in [5, 5.41) is 16.6. The summed E-state index contributed by atoms with van der Waals surface area (Å²) in [6.45, 7) is 7.91. The van der Waals surface area contributed by atoms with Gasteiger partial charge in [-0.25, -0.2) is 0 Å². The highest BCUT2D eigenvalue weighted by Crippen LogP contribution is 2.25. The van der Waals surface area contributed by atoms with Crippen molar-refractivity contribution in [2.75, 3.05) is 0 Å². The van der Waals surface area contributed by atoms with Crippen molar-refractivity contribution in [2.45, 2.75) is 59.4 Å². The van der Waals surface area contributed by atoms with E-state index in [0.29, 0.717) is 11.7 Å².